The minimum Gasteiger partial charge on any atom is -0.379 e. The number of hydrogen-bond acceptors (Lipinski definition) is 7. The molecule has 0 unspecified atom stereocenters. The minimum atomic E-state index is -0.560. The summed E-state index contributed by atoms with van der Waals surface area (Å²) in [6, 6.07) is 1.28. The Labute approximate surface area is 131 Å². The van der Waals surface area contributed by atoms with Crippen LogP contribution in [0.15, 0.2) is 18.5 Å². The first-order chi connectivity index (χ1) is 11.1. The Morgan fingerprint density at radius 2 is 2.39 bits per heavy atom. The third kappa shape index (κ3) is 3.60. The Bertz CT molecular complexity index is 684. The van der Waals surface area contributed by atoms with Gasteiger partial charge in [0.2, 0.25) is 11.7 Å². The van der Waals surface area contributed by atoms with E-state index in [1.165, 1.54) is 4.52 Å². The van der Waals surface area contributed by atoms with Gasteiger partial charge in [0.1, 0.15) is 6.61 Å². The Balaban J connectivity index is 1.68. The van der Waals surface area contributed by atoms with Crippen LogP contribution in [0.5, 0.6) is 0 Å². The molecule has 1 saturated heterocycles. The second kappa shape index (κ2) is 6.67. The molecule has 3 heterocycles. The van der Waals surface area contributed by atoms with Crippen LogP contribution < -0.4 is 11.1 Å². The van der Waals surface area contributed by atoms with Crippen molar-refractivity contribution in [3.05, 3.63) is 24.3 Å². The summed E-state index contributed by atoms with van der Waals surface area (Å²) in [4.78, 5) is 31.2. The number of nitrogens with zero attached hydrogens (tertiary/aromatic N) is 4. The fourth-order valence-corrected chi connectivity index (χ4v) is 2.30. The van der Waals surface area contributed by atoms with Crippen molar-refractivity contribution in [3.63, 3.8) is 0 Å². The van der Waals surface area contributed by atoms with Gasteiger partial charge in [-0.3, -0.25) is 9.59 Å². The van der Waals surface area contributed by atoms with Gasteiger partial charge in [-0.2, -0.15) is 4.98 Å². The highest BCUT2D eigenvalue weighted by molar-refractivity contribution is 5.91. The van der Waals surface area contributed by atoms with Crippen molar-refractivity contribution in [1.29, 1.82) is 0 Å². The van der Waals surface area contributed by atoms with E-state index in [0.717, 1.165) is 0 Å². The fourth-order valence-electron chi connectivity index (χ4n) is 2.30. The van der Waals surface area contributed by atoms with Gasteiger partial charge < -0.3 is 20.5 Å². The molecule has 0 aromatic carbocycles. The summed E-state index contributed by atoms with van der Waals surface area (Å²) in [5.74, 6) is -0.685. The molecule has 0 aliphatic carbocycles. The molecule has 122 valence electrons. The molecule has 10 heteroatoms. The molecular formula is C13H16N6O4. The molecule has 0 radical (unpaired) electrons. The maximum absolute atomic E-state index is 12.3. The quantitative estimate of drug-likeness (QED) is 0.685. The van der Waals surface area contributed by atoms with E-state index < -0.39 is 17.9 Å². The van der Waals surface area contributed by atoms with E-state index in [0.29, 0.717) is 18.8 Å². The van der Waals surface area contributed by atoms with Crippen LogP contribution in [0.1, 0.15) is 17.0 Å². The summed E-state index contributed by atoms with van der Waals surface area (Å²) in [5, 5.41) is 6.82. The van der Waals surface area contributed by atoms with Crippen molar-refractivity contribution in [2.75, 3.05) is 19.8 Å². The summed E-state index contributed by atoms with van der Waals surface area (Å²) in [6.45, 7) is 0.570. The average Bonchev–Trinajstić information content (AvgIpc) is 2.98. The molecule has 10 nitrogen and oxygen atoms in total. The monoisotopic (exact) mass is 320 g/mol. The molecule has 0 saturated carbocycles. The van der Waals surface area contributed by atoms with Crippen molar-refractivity contribution in [2.45, 2.75) is 18.6 Å². The number of fused-ring (bicyclic) bond motifs is 1. The summed E-state index contributed by atoms with van der Waals surface area (Å²) in [5.41, 5.74) is 5.08. The molecule has 3 N–H and O–H groups in total. The zero-order chi connectivity index (χ0) is 16.2. The fraction of sp³-hybridized carbons (Fsp3) is 0.462. The van der Waals surface area contributed by atoms with Gasteiger partial charge in [0.05, 0.1) is 18.8 Å². The predicted molar refractivity (Wildman–Crippen MR) is 76.4 cm³/mol. The number of nitrogens with two attached hydrogens (primary N) is 1. The van der Waals surface area contributed by atoms with E-state index in [1.807, 2.05) is 0 Å². The molecule has 2 amide bonds. The van der Waals surface area contributed by atoms with Crippen molar-refractivity contribution in [3.8, 4) is 0 Å². The lowest BCUT2D eigenvalue weighted by atomic mass is 10.1. The number of carbonyl (C=O) groups is 2. The van der Waals surface area contributed by atoms with Gasteiger partial charge in [-0.1, -0.05) is 0 Å². The molecule has 2 aromatic rings. The largest absolute Gasteiger partial charge is 0.379 e. The first kappa shape index (κ1) is 15.3. The van der Waals surface area contributed by atoms with Crippen molar-refractivity contribution >= 4 is 17.6 Å². The van der Waals surface area contributed by atoms with Crippen LogP contribution in [0, 0.1) is 0 Å². The number of rotatable bonds is 5. The molecular weight excluding hydrogens is 304 g/mol. The zero-order valence-electron chi connectivity index (χ0n) is 12.2. The van der Waals surface area contributed by atoms with Gasteiger partial charge in [-0.05, 0) is 12.5 Å². The van der Waals surface area contributed by atoms with Gasteiger partial charge in [0.25, 0.3) is 11.7 Å². The van der Waals surface area contributed by atoms with E-state index in [2.05, 4.69) is 20.4 Å². The van der Waals surface area contributed by atoms with Crippen molar-refractivity contribution in [2.24, 2.45) is 5.73 Å². The lowest BCUT2D eigenvalue weighted by molar-refractivity contribution is -0.128. The molecule has 2 atom stereocenters. The van der Waals surface area contributed by atoms with E-state index in [-0.39, 0.29) is 25.1 Å². The Morgan fingerprint density at radius 1 is 1.52 bits per heavy atom. The predicted octanol–water partition coefficient (Wildman–Crippen LogP) is -1.49. The Kier molecular flexibility index (Phi) is 4.44. The number of amides is 2. The van der Waals surface area contributed by atoms with E-state index in [4.69, 9.17) is 15.2 Å². The standard InChI is InChI=1S/C13H16N6O4/c14-10(20)7-23-9-2-5-22-6-8(9)16-12(21)11-17-13-15-3-1-4-19(13)18-11/h1,3-4,8-9H,2,5-7H2,(H2,14,20)(H,16,21)/t8-,9+/m1/s1. The van der Waals surface area contributed by atoms with Gasteiger partial charge in [-0.15, -0.1) is 5.10 Å². The molecule has 1 aliphatic heterocycles. The summed E-state index contributed by atoms with van der Waals surface area (Å²) >= 11 is 0. The molecule has 3 rings (SSSR count). The SMILES string of the molecule is NC(=O)CO[C@H]1CCOC[C@H]1NC(=O)c1nc2ncccn2n1. The highest BCUT2D eigenvalue weighted by Gasteiger charge is 2.29. The number of nitrogens with one attached hydrogen (secondary N) is 1. The number of hydrogen-bond donors (Lipinski definition) is 2. The maximum atomic E-state index is 12.3. The number of primary amides is 1. The highest BCUT2D eigenvalue weighted by atomic mass is 16.5. The first-order valence-electron chi connectivity index (χ1n) is 7.09. The normalized spacial score (nSPS) is 21.2. The Hall–Kier alpha value is -2.59. The van der Waals surface area contributed by atoms with Crippen molar-refractivity contribution in [1.82, 2.24) is 24.9 Å². The summed E-state index contributed by atoms with van der Waals surface area (Å²) in [7, 11) is 0. The van der Waals surface area contributed by atoms with Gasteiger partial charge in [0.15, 0.2) is 0 Å². The van der Waals surface area contributed by atoms with E-state index >= 15 is 0 Å². The molecule has 1 fully saturated rings. The van der Waals surface area contributed by atoms with Crippen LogP contribution in [-0.2, 0) is 14.3 Å². The minimum absolute atomic E-state index is 0.00271. The first-order valence-corrected chi connectivity index (χ1v) is 7.09. The number of carbonyl (C=O) groups excluding carboxylic acids is 2. The van der Waals surface area contributed by atoms with Gasteiger partial charge in [-0.25, -0.2) is 9.50 Å². The van der Waals surface area contributed by atoms with E-state index in [9.17, 15) is 9.59 Å². The van der Waals surface area contributed by atoms with Crippen LogP contribution in [0.4, 0.5) is 0 Å². The third-order valence-corrected chi connectivity index (χ3v) is 3.37. The maximum Gasteiger partial charge on any atom is 0.291 e. The average molecular weight is 320 g/mol. The van der Waals surface area contributed by atoms with E-state index in [1.54, 1.807) is 18.5 Å². The molecule has 2 aromatic heterocycles. The molecule has 23 heavy (non-hydrogen) atoms. The van der Waals surface area contributed by atoms with Crippen LogP contribution in [-0.4, -0.2) is 63.4 Å². The van der Waals surface area contributed by atoms with Crippen LogP contribution in [0.2, 0.25) is 0 Å². The second-order valence-corrected chi connectivity index (χ2v) is 5.06. The zero-order valence-corrected chi connectivity index (χ0v) is 12.2. The third-order valence-electron chi connectivity index (χ3n) is 3.37. The summed E-state index contributed by atoms with van der Waals surface area (Å²) in [6.07, 6.45) is 3.41. The van der Waals surface area contributed by atoms with Crippen LogP contribution in [0.25, 0.3) is 5.78 Å². The van der Waals surface area contributed by atoms with Crippen LogP contribution >= 0.6 is 0 Å². The molecule has 1 aliphatic rings. The Morgan fingerprint density at radius 3 is 3.17 bits per heavy atom. The highest BCUT2D eigenvalue weighted by Crippen LogP contribution is 2.12. The molecule has 0 bridgehead atoms. The van der Waals surface area contributed by atoms with Crippen molar-refractivity contribution < 1.29 is 19.1 Å². The van der Waals surface area contributed by atoms with Crippen LogP contribution in [0.3, 0.4) is 0 Å². The second-order valence-electron chi connectivity index (χ2n) is 5.06. The number of aromatic nitrogens is 4. The van der Waals surface area contributed by atoms with Gasteiger partial charge in [0, 0.05) is 19.0 Å². The number of ether oxygens (including phenoxy) is 2. The lowest BCUT2D eigenvalue weighted by Gasteiger charge is -2.31. The topological polar surface area (TPSA) is 134 Å². The smallest absolute Gasteiger partial charge is 0.291 e. The summed E-state index contributed by atoms with van der Waals surface area (Å²) < 4.78 is 12.2. The molecule has 0 spiro atoms. The van der Waals surface area contributed by atoms with Gasteiger partial charge >= 0.3 is 0 Å². The lowest BCUT2D eigenvalue weighted by Crippen LogP contribution is -2.51.